The number of para-hydroxylation sites is 1. The van der Waals surface area contributed by atoms with Gasteiger partial charge in [0.05, 0.1) is 11.7 Å². The number of halogens is 1. The number of nitrogens with one attached hydrogen (secondary N) is 1. The fourth-order valence-corrected chi connectivity index (χ4v) is 1.80. The Bertz CT molecular complexity index is 540. The number of aromatic nitrogens is 2. The molecule has 0 aliphatic carbocycles. The van der Waals surface area contributed by atoms with Gasteiger partial charge in [-0.25, -0.2) is 0 Å². The topological polar surface area (TPSA) is 50.2 Å². The van der Waals surface area contributed by atoms with E-state index in [9.17, 15) is 4.79 Å². The molecule has 0 bridgehead atoms. The molecule has 1 amide bonds. The molecule has 5 nitrogen and oxygen atoms in total. The molecule has 2 rings (SSSR count). The molecule has 0 fully saturated rings. The number of benzene rings is 1. The molecular formula is C13H19ClN4O. The summed E-state index contributed by atoms with van der Waals surface area (Å²) < 4.78 is 1.74. The monoisotopic (exact) mass is 282 g/mol. The van der Waals surface area contributed by atoms with Crippen LogP contribution in [0, 0.1) is 0 Å². The number of carbonyl (C=O) groups excluding carboxylic acids is 1. The van der Waals surface area contributed by atoms with Crippen molar-refractivity contribution in [2.45, 2.75) is 6.54 Å². The van der Waals surface area contributed by atoms with Crippen LogP contribution in [0.3, 0.4) is 0 Å². The first-order valence-electron chi connectivity index (χ1n) is 6.01. The van der Waals surface area contributed by atoms with Crippen molar-refractivity contribution < 1.29 is 4.79 Å². The molecule has 0 radical (unpaired) electrons. The van der Waals surface area contributed by atoms with Crippen molar-refractivity contribution >= 4 is 29.2 Å². The fourth-order valence-electron chi connectivity index (χ4n) is 1.80. The Morgan fingerprint density at radius 1 is 1.42 bits per heavy atom. The highest BCUT2D eigenvalue weighted by Gasteiger charge is 2.11. The standard InChI is InChI=1S/C13H18N4O.ClH/c1-14-7-8-16(2)13(18)10-17-12-6-4-3-5-11(12)9-15-17;/h3-6,9,14H,7-8,10H2,1-2H3;1H. The summed E-state index contributed by atoms with van der Waals surface area (Å²) in [6, 6.07) is 7.89. The Kier molecular flexibility index (Phi) is 5.79. The van der Waals surface area contributed by atoms with E-state index in [4.69, 9.17) is 0 Å². The van der Waals surface area contributed by atoms with Crippen molar-refractivity contribution in [1.29, 1.82) is 0 Å². The smallest absolute Gasteiger partial charge is 0.244 e. The van der Waals surface area contributed by atoms with Crippen LogP contribution in [0.2, 0.25) is 0 Å². The van der Waals surface area contributed by atoms with Gasteiger partial charge in [0, 0.05) is 25.5 Å². The second-order valence-corrected chi connectivity index (χ2v) is 4.28. The van der Waals surface area contributed by atoms with Crippen LogP contribution in [0.15, 0.2) is 30.5 Å². The lowest BCUT2D eigenvalue weighted by Gasteiger charge is -2.17. The van der Waals surface area contributed by atoms with Crippen molar-refractivity contribution in [1.82, 2.24) is 20.0 Å². The van der Waals surface area contributed by atoms with Gasteiger partial charge in [-0.1, -0.05) is 18.2 Å². The van der Waals surface area contributed by atoms with E-state index in [0.717, 1.165) is 17.4 Å². The van der Waals surface area contributed by atoms with E-state index < -0.39 is 0 Å². The molecule has 1 N–H and O–H groups in total. The summed E-state index contributed by atoms with van der Waals surface area (Å²) in [6.07, 6.45) is 1.79. The zero-order chi connectivity index (χ0) is 13.0. The van der Waals surface area contributed by atoms with Crippen LogP contribution in [-0.4, -0.2) is 47.8 Å². The normalized spacial score (nSPS) is 10.2. The molecule has 0 unspecified atom stereocenters. The van der Waals surface area contributed by atoms with Crippen molar-refractivity contribution in [2.75, 3.05) is 27.2 Å². The molecule has 0 aliphatic rings. The van der Waals surface area contributed by atoms with E-state index in [1.54, 1.807) is 15.8 Å². The Hall–Kier alpha value is -1.59. The highest BCUT2D eigenvalue weighted by atomic mass is 35.5. The number of carbonyl (C=O) groups is 1. The van der Waals surface area contributed by atoms with Crippen LogP contribution in [-0.2, 0) is 11.3 Å². The van der Waals surface area contributed by atoms with Gasteiger partial charge in [-0.15, -0.1) is 12.4 Å². The number of hydrogen-bond donors (Lipinski definition) is 1. The first-order chi connectivity index (χ1) is 8.72. The minimum atomic E-state index is 0. The van der Waals surface area contributed by atoms with E-state index in [1.807, 2.05) is 38.4 Å². The predicted octanol–water partition coefficient (Wildman–Crippen LogP) is 1.14. The number of fused-ring (bicyclic) bond motifs is 1. The number of hydrogen-bond acceptors (Lipinski definition) is 3. The second kappa shape index (κ2) is 7.11. The van der Waals surface area contributed by atoms with Gasteiger partial charge in [-0.05, 0) is 13.1 Å². The zero-order valence-electron chi connectivity index (χ0n) is 11.2. The third-order valence-electron chi connectivity index (χ3n) is 2.96. The maximum Gasteiger partial charge on any atom is 0.244 e. The van der Waals surface area contributed by atoms with E-state index in [1.165, 1.54) is 0 Å². The van der Waals surface area contributed by atoms with Crippen LogP contribution in [0.1, 0.15) is 0 Å². The van der Waals surface area contributed by atoms with E-state index in [0.29, 0.717) is 6.54 Å². The van der Waals surface area contributed by atoms with Crippen LogP contribution in [0.4, 0.5) is 0 Å². The molecule has 2 aromatic rings. The average Bonchev–Trinajstić information content (AvgIpc) is 2.79. The van der Waals surface area contributed by atoms with E-state index in [-0.39, 0.29) is 24.9 Å². The van der Waals surface area contributed by atoms with E-state index >= 15 is 0 Å². The maximum atomic E-state index is 12.0. The molecule has 0 aliphatic heterocycles. The average molecular weight is 283 g/mol. The van der Waals surface area contributed by atoms with Crippen LogP contribution in [0.5, 0.6) is 0 Å². The van der Waals surface area contributed by atoms with Crippen LogP contribution >= 0.6 is 12.4 Å². The van der Waals surface area contributed by atoms with Crippen LogP contribution in [0.25, 0.3) is 10.9 Å². The van der Waals surface area contributed by atoms with Gasteiger partial charge in [-0.2, -0.15) is 5.10 Å². The lowest BCUT2D eigenvalue weighted by atomic mass is 10.2. The number of amides is 1. The van der Waals surface area contributed by atoms with Crippen molar-refractivity contribution in [3.63, 3.8) is 0 Å². The molecule has 0 spiro atoms. The molecule has 6 heteroatoms. The molecular weight excluding hydrogens is 264 g/mol. The minimum absolute atomic E-state index is 0. The van der Waals surface area contributed by atoms with Crippen molar-refractivity contribution in [3.8, 4) is 0 Å². The maximum absolute atomic E-state index is 12.0. The molecule has 0 atom stereocenters. The van der Waals surface area contributed by atoms with Crippen LogP contribution < -0.4 is 5.32 Å². The van der Waals surface area contributed by atoms with Gasteiger partial charge in [0.25, 0.3) is 0 Å². The Balaban J connectivity index is 0.00000180. The van der Waals surface area contributed by atoms with Gasteiger partial charge in [0.2, 0.25) is 5.91 Å². The molecule has 0 saturated heterocycles. The molecule has 1 aromatic carbocycles. The first-order valence-corrected chi connectivity index (χ1v) is 6.01. The molecule has 1 aromatic heterocycles. The summed E-state index contributed by atoms with van der Waals surface area (Å²) in [5, 5.41) is 8.34. The molecule has 1 heterocycles. The third-order valence-corrected chi connectivity index (χ3v) is 2.96. The third kappa shape index (κ3) is 3.68. The minimum Gasteiger partial charge on any atom is -0.343 e. The molecule has 0 saturated carbocycles. The van der Waals surface area contributed by atoms with Gasteiger partial charge in [-0.3, -0.25) is 9.48 Å². The quantitative estimate of drug-likeness (QED) is 0.895. The molecule has 104 valence electrons. The Morgan fingerprint density at radius 3 is 2.89 bits per heavy atom. The highest BCUT2D eigenvalue weighted by molar-refractivity contribution is 5.85. The fraction of sp³-hybridized carbons (Fsp3) is 0.385. The largest absolute Gasteiger partial charge is 0.343 e. The highest BCUT2D eigenvalue weighted by Crippen LogP contribution is 2.12. The number of rotatable bonds is 5. The lowest BCUT2D eigenvalue weighted by Crippen LogP contribution is -2.35. The lowest BCUT2D eigenvalue weighted by molar-refractivity contribution is -0.130. The van der Waals surface area contributed by atoms with Gasteiger partial charge < -0.3 is 10.2 Å². The van der Waals surface area contributed by atoms with Gasteiger partial charge in [0.15, 0.2) is 0 Å². The summed E-state index contributed by atoms with van der Waals surface area (Å²) in [6.45, 7) is 1.78. The zero-order valence-corrected chi connectivity index (χ0v) is 12.0. The Morgan fingerprint density at radius 2 is 2.16 bits per heavy atom. The summed E-state index contributed by atoms with van der Waals surface area (Å²) in [5.74, 6) is 0.0686. The van der Waals surface area contributed by atoms with Crippen molar-refractivity contribution in [2.24, 2.45) is 0 Å². The summed E-state index contributed by atoms with van der Waals surface area (Å²) in [7, 11) is 3.69. The number of nitrogens with zero attached hydrogens (tertiary/aromatic N) is 3. The van der Waals surface area contributed by atoms with Gasteiger partial charge in [0.1, 0.15) is 6.54 Å². The predicted molar refractivity (Wildman–Crippen MR) is 78.5 cm³/mol. The second-order valence-electron chi connectivity index (χ2n) is 4.28. The van der Waals surface area contributed by atoms with E-state index in [2.05, 4.69) is 10.4 Å². The summed E-state index contributed by atoms with van der Waals surface area (Å²) in [5.41, 5.74) is 0.993. The van der Waals surface area contributed by atoms with Gasteiger partial charge >= 0.3 is 0 Å². The summed E-state index contributed by atoms with van der Waals surface area (Å²) in [4.78, 5) is 13.7. The Labute approximate surface area is 119 Å². The number of likely N-dealkylation sites (N-methyl/N-ethyl adjacent to an activating group) is 2. The first kappa shape index (κ1) is 15.5. The SMILES string of the molecule is CNCCN(C)C(=O)Cn1ncc2ccccc21.Cl. The summed E-state index contributed by atoms with van der Waals surface area (Å²) >= 11 is 0. The van der Waals surface area contributed by atoms with Crippen molar-refractivity contribution in [3.05, 3.63) is 30.5 Å². The molecule has 19 heavy (non-hydrogen) atoms.